The average Bonchev–Trinajstić information content (AvgIpc) is 2.48. The summed E-state index contributed by atoms with van der Waals surface area (Å²) in [5.41, 5.74) is 8.02. The Bertz CT molecular complexity index is 526. The van der Waals surface area contributed by atoms with Gasteiger partial charge >= 0.3 is 0 Å². The van der Waals surface area contributed by atoms with Gasteiger partial charge in [0.1, 0.15) is 0 Å². The topological polar surface area (TPSA) is 60.2 Å². The van der Waals surface area contributed by atoms with E-state index in [4.69, 9.17) is 10.5 Å². The maximum absolute atomic E-state index is 5.54. The van der Waals surface area contributed by atoms with Crippen LogP contribution in [0, 0.1) is 0 Å². The highest BCUT2D eigenvalue weighted by molar-refractivity contribution is 5.49. The van der Waals surface area contributed by atoms with E-state index >= 15 is 0 Å². The third-order valence-electron chi connectivity index (χ3n) is 2.99. The van der Waals surface area contributed by atoms with Gasteiger partial charge in [-0.05, 0) is 43.1 Å². The zero-order valence-electron chi connectivity index (χ0n) is 11.8. The van der Waals surface area contributed by atoms with Crippen LogP contribution in [-0.4, -0.2) is 18.1 Å². The number of anilines is 1. The molecule has 0 radical (unpaired) electrons. The zero-order valence-corrected chi connectivity index (χ0v) is 11.8. The van der Waals surface area contributed by atoms with Crippen molar-refractivity contribution in [2.45, 2.75) is 19.9 Å². The number of pyridine rings is 1. The summed E-state index contributed by atoms with van der Waals surface area (Å²) in [6.07, 6.45) is 2.68. The highest BCUT2D eigenvalue weighted by Crippen LogP contribution is 2.21. The van der Waals surface area contributed by atoms with Crippen LogP contribution in [0.2, 0.25) is 0 Å². The monoisotopic (exact) mass is 271 g/mol. The number of nitrogens with two attached hydrogens (primary N) is 1. The van der Waals surface area contributed by atoms with Gasteiger partial charge in [0, 0.05) is 12.7 Å². The molecule has 0 fully saturated rings. The van der Waals surface area contributed by atoms with Crippen molar-refractivity contribution in [3.63, 3.8) is 0 Å². The molecule has 0 unspecified atom stereocenters. The minimum atomic E-state index is 0.633. The molecule has 1 aromatic heterocycles. The largest absolute Gasteiger partial charge is 0.490 e. The van der Waals surface area contributed by atoms with Gasteiger partial charge in [-0.3, -0.25) is 0 Å². The standard InChI is InChI=1S/C16H21N3O/c1-2-20-15-4-3-11-18-16(15)19-12-14-7-5-13(6-8-14)9-10-17/h3-8,11H,2,9-10,12,17H2,1H3,(H,18,19). The van der Waals surface area contributed by atoms with Gasteiger partial charge in [0.2, 0.25) is 0 Å². The van der Waals surface area contributed by atoms with E-state index in [9.17, 15) is 0 Å². The first-order chi connectivity index (χ1) is 9.83. The molecule has 4 heteroatoms. The van der Waals surface area contributed by atoms with Crippen LogP contribution in [-0.2, 0) is 13.0 Å². The molecule has 20 heavy (non-hydrogen) atoms. The molecular weight excluding hydrogens is 250 g/mol. The molecule has 2 rings (SSSR count). The van der Waals surface area contributed by atoms with Crippen LogP contribution in [0.1, 0.15) is 18.1 Å². The molecule has 0 aliphatic carbocycles. The second-order valence-corrected chi connectivity index (χ2v) is 4.49. The maximum atomic E-state index is 5.54. The van der Waals surface area contributed by atoms with Gasteiger partial charge in [-0.15, -0.1) is 0 Å². The number of nitrogens with zero attached hydrogens (tertiary/aromatic N) is 1. The molecule has 1 aromatic carbocycles. The maximum Gasteiger partial charge on any atom is 0.169 e. The first-order valence-corrected chi connectivity index (χ1v) is 6.93. The third-order valence-corrected chi connectivity index (χ3v) is 2.99. The summed E-state index contributed by atoms with van der Waals surface area (Å²) in [5, 5.41) is 3.31. The summed E-state index contributed by atoms with van der Waals surface area (Å²) < 4.78 is 5.54. The van der Waals surface area contributed by atoms with Gasteiger partial charge in [-0.1, -0.05) is 24.3 Å². The molecule has 106 valence electrons. The van der Waals surface area contributed by atoms with E-state index in [1.807, 2.05) is 19.1 Å². The Kier molecular flexibility index (Phi) is 5.38. The van der Waals surface area contributed by atoms with E-state index in [2.05, 4.69) is 34.6 Å². The highest BCUT2D eigenvalue weighted by atomic mass is 16.5. The van der Waals surface area contributed by atoms with E-state index in [1.165, 1.54) is 11.1 Å². The quantitative estimate of drug-likeness (QED) is 0.812. The Labute approximate surface area is 120 Å². The molecule has 0 aliphatic rings. The van der Waals surface area contributed by atoms with Gasteiger partial charge in [0.15, 0.2) is 11.6 Å². The first kappa shape index (κ1) is 14.3. The van der Waals surface area contributed by atoms with E-state index in [1.54, 1.807) is 6.20 Å². The van der Waals surface area contributed by atoms with Crippen molar-refractivity contribution in [3.05, 3.63) is 53.7 Å². The Morgan fingerprint density at radius 2 is 1.90 bits per heavy atom. The SMILES string of the molecule is CCOc1cccnc1NCc1ccc(CCN)cc1. The predicted molar refractivity (Wildman–Crippen MR) is 81.9 cm³/mol. The van der Waals surface area contributed by atoms with E-state index in [-0.39, 0.29) is 0 Å². The molecule has 0 aliphatic heterocycles. The van der Waals surface area contributed by atoms with Gasteiger partial charge < -0.3 is 15.8 Å². The van der Waals surface area contributed by atoms with E-state index in [0.717, 1.165) is 24.5 Å². The highest BCUT2D eigenvalue weighted by Gasteiger charge is 2.03. The van der Waals surface area contributed by atoms with Gasteiger partial charge in [-0.25, -0.2) is 4.98 Å². The molecule has 0 bridgehead atoms. The van der Waals surface area contributed by atoms with Crippen molar-refractivity contribution >= 4 is 5.82 Å². The summed E-state index contributed by atoms with van der Waals surface area (Å²) in [7, 11) is 0. The molecule has 0 saturated heterocycles. The number of hydrogen-bond acceptors (Lipinski definition) is 4. The Morgan fingerprint density at radius 1 is 1.15 bits per heavy atom. The molecule has 3 N–H and O–H groups in total. The summed E-state index contributed by atoms with van der Waals surface area (Å²) in [5.74, 6) is 1.56. The molecule has 0 spiro atoms. The summed E-state index contributed by atoms with van der Waals surface area (Å²) in [6.45, 7) is 4.00. The lowest BCUT2D eigenvalue weighted by Gasteiger charge is -2.11. The normalized spacial score (nSPS) is 10.3. The number of aromatic nitrogens is 1. The second-order valence-electron chi connectivity index (χ2n) is 4.49. The molecule has 1 heterocycles. The third kappa shape index (κ3) is 3.96. The fraction of sp³-hybridized carbons (Fsp3) is 0.312. The smallest absolute Gasteiger partial charge is 0.169 e. The van der Waals surface area contributed by atoms with E-state index < -0.39 is 0 Å². The van der Waals surface area contributed by atoms with Crippen molar-refractivity contribution < 1.29 is 4.74 Å². The molecule has 0 atom stereocenters. The number of hydrogen-bond donors (Lipinski definition) is 2. The molecule has 0 amide bonds. The molecular formula is C16H21N3O. The van der Waals surface area contributed by atoms with Crippen molar-refractivity contribution in [1.29, 1.82) is 0 Å². The van der Waals surface area contributed by atoms with Crippen LogP contribution in [0.4, 0.5) is 5.82 Å². The van der Waals surface area contributed by atoms with Crippen molar-refractivity contribution in [2.24, 2.45) is 5.73 Å². The summed E-state index contributed by atoms with van der Waals surface area (Å²) in [4.78, 5) is 4.31. The lowest BCUT2D eigenvalue weighted by molar-refractivity contribution is 0.340. The van der Waals surface area contributed by atoms with Crippen molar-refractivity contribution in [3.8, 4) is 5.75 Å². The number of rotatable bonds is 7. The van der Waals surface area contributed by atoms with Crippen LogP contribution in [0.15, 0.2) is 42.6 Å². The summed E-state index contributed by atoms with van der Waals surface area (Å²) >= 11 is 0. The lowest BCUT2D eigenvalue weighted by Crippen LogP contribution is -2.05. The van der Waals surface area contributed by atoms with Crippen LogP contribution < -0.4 is 15.8 Å². The van der Waals surface area contributed by atoms with Crippen LogP contribution in [0.3, 0.4) is 0 Å². The first-order valence-electron chi connectivity index (χ1n) is 6.93. The number of ether oxygens (including phenoxy) is 1. The zero-order chi connectivity index (χ0) is 14.2. The fourth-order valence-electron chi connectivity index (χ4n) is 1.97. The molecule has 0 saturated carbocycles. The minimum Gasteiger partial charge on any atom is -0.490 e. The minimum absolute atomic E-state index is 0.633. The average molecular weight is 271 g/mol. The molecule has 4 nitrogen and oxygen atoms in total. The van der Waals surface area contributed by atoms with Crippen LogP contribution >= 0.6 is 0 Å². The Morgan fingerprint density at radius 3 is 2.60 bits per heavy atom. The lowest BCUT2D eigenvalue weighted by atomic mass is 10.1. The van der Waals surface area contributed by atoms with Crippen molar-refractivity contribution in [1.82, 2.24) is 4.98 Å². The van der Waals surface area contributed by atoms with Gasteiger partial charge in [0.05, 0.1) is 6.61 Å². The second kappa shape index (κ2) is 7.50. The number of nitrogens with one attached hydrogen (secondary N) is 1. The van der Waals surface area contributed by atoms with E-state index in [0.29, 0.717) is 13.2 Å². The van der Waals surface area contributed by atoms with Crippen LogP contribution in [0.25, 0.3) is 0 Å². The number of benzene rings is 1. The van der Waals surface area contributed by atoms with Crippen molar-refractivity contribution in [2.75, 3.05) is 18.5 Å². The summed E-state index contributed by atoms with van der Waals surface area (Å²) in [6, 6.07) is 12.3. The predicted octanol–water partition coefficient (Wildman–Crippen LogP) is 2.59. The van der Waals surface area contributed by atoms with Crippen LogP contribution in [0.5, 0.6) is 5.75 Å². The van der Waals surface area contributed by atoms with Gasteiger partial charge in [-0.2, -0.15) is 0 Å². The Balaban J connectivity index is 1.97. The molecule has 2 aromatic rings. The fourth-order valence-corrected chi connectivity index (χ4v) is 1.97. The van der Waals surface area contributed by atoms with Gasteiger partial charge in [0.25, 0.3) is 0 Å². The Hall–Kier alpha value is -2.07.